The number of fused-ring (bicyclic) bond motifs is 3. The maximum atomic E-state index is 6.83. The maximum absolute atomic E-state index is 6.83. The van der Waals surface area contributed by atoms with E-state index in [1.165, 1.54) is 45.1 Å². The molecule has 22 heavy (non-hydrogen) atoms. The third kappa shape index (κ3) is 3.28. The Kier molecular flexibility index (Phi) is 4.46. The number of nitrogens with zero attached hydrogens (tertiary/aromatic N) is 1. The predicted octanol–water partition coefficient (Wildman–Crippen LogP) is 4.26. The van der Waals surface area contributed by atoms with Crippen LogP contribution in [0.3, 0.4) is 0 Å². The molecular formula is C20H36NO+. The van der Waals surface area contributed by atoms with Gasteiger partial charge in [-0.25, -0.2) is 0 Å². The number of quaternary nitrogens is 1. The summed E-state index contributed by atoms with van der Waals surface area (Å²) in [5.74, 6) is 2.32. The number of hydrogen-bond donors (Lipinski definition) is 0. The first kappa shape index (κ1) is 16.5. The van der Waals surface area contributed by atoms with Crippen LogP contribution in [0.5, 0.6) is 0 Å². The van der Waals surface area contributed by atoms with Gasteiger partial charge >= 0.3 is 0 Å². The molecule has 2 nitrogen and oxygen atoms in total. The molecule has 0 unspecified atom stereocenters. The number of rotatable bonds is 3. The average molecular weight is 307 g/mol. The smallest absolute Gasteiger partial charge is 0.0857 e. The quantitative estimate of drug-likeness (QED) is 0.559. The van der Waals surface area contributed by atoms with Gasteiger partial charge < -0.3 is 9.22 Å². The van der Waals surface area contributed by atoms with Crippen LogP contribution < -0.4 is 0 Å². The van der Waals surface area contributed by atoms with Crippen molar-refractivity contribution in [3.05, 3.63) is 12.2 Å². The lowest BCUT2D eigenvalue weighted by Gasteiger charge is -2.54. The molecule has 0 radical (unpaired) electrons. The number of ether oxygens (including phenoxy) is 1. The van der Waals surface area contributed by atoms with Crippen LogP contribution in [0.4, 0.5) is 0 Å². The van der Waals surface area contributed by atoms with Crippen molar-refractivity contribution in [2.24, 2.45) is 23.2 Å². The van der Waals surface area contributed by atoms with Gasteiger partial charge in [0.25, 0.3) is 0 Å². The minimum atomic E-state index is 0.245. The van der Waals surface area contributed by atoms with E-state index in [1.807, 2.05) is 0 Å². The monoisotopic (exact) mass is 306 g/mol. The zero-order valence-electron chi connectivity index (χ0n) is 15.3. The van der Waals surface area contributed by atoms with Crippen molar-refractivity contribution in [3.8, 4) is 0 Å². The summed E-state index contributed by atoms with van der Waals surface area (Å²) in [4.78, 5) is 0. The van der Waals surface area contributed by atoms with E-state index in [4.69, 9.17) is 4.74 Å². The summed E-state index contributed by atoms with van der Waals surface area (Å²) in [5, 5.41) is 0. The molecule has 0 aromatic carbocycles. The van der Waals surface area contributed by atoms with Gasteiger partial charge in [0.1, 0.15) is 0 Å². The molecule has 1 saturated carbocycles. The molecule has 2 heteroatoms. The van der Waals surface area contributed by atoms with Crippen molar-refractivity contribution in [1.29, 1.82) is 0 Å². The molecule has 0 bridgehead atoms. The van der Waals surface area contributed by atoms with Gasteiger partial charge in [0.15, 0.2) is 0 Å². The van der Waals surface area contributed by atoms with E-state index < -0.39 is 0 Å². The Morgan fingerprint density at radius 2 is 1.77 bits per heavy atom. The lowest BCUT2D eigenvalue weighted by Crippen LogP contribution is -2.57. The molecule has 3 rings (SSSR count). The summed E-state index contributed by atoms with van der Waals surface area (Å²) >= 11 is 0. The Balaban J connectivity index is 1.85. The summed E-state index contributed by atoms with van der Waals surface area (Å²) in [6.07, 6.45) is 14.0. The van der Waals surface area contributed by atoms with E-state index in [0.717, 1.165) is 22.2 Å². The van der Waals surface area contributed by atoms with E-state index in [9.17, 15) is 0 Å². The lowest BCUT2D eigenvalue weighted by atomic mass is 9.61. The van der Waals surface area contributed by atoms with Crippen molar-refractivity contribution in [2.45, 2.75) is 64.6 Å². The number of allylic oxidation sites excluding steroid dienone is 2. The van der Waals surface area contributed by atoms with Crippen LogP contribution in [-0.4, -0.2) is 44.4 Å². The topological polar surface area (TPSA) is 9.23 Å². The third-order valence-electron chi connectivity index (χ3n) is 6.13. The molecular weight excluding hydrogens is 270 g/mol. The third-order valence-corrected chi connectivity index (χ3v) is 6.13. The average Bonchev–Trinajstić information content (AvgIpc) is 2.44. The molecule has 5 atom stereocenters. The summed E-state index contributed by atoms with van der Waals surface area (Å²) < 4.78 is 7.85. The van der Waals surface area contributed by atoms with Crippen molar-refractivity contribution in [1.82, 2.24) is 0 Å². The Hall–Kier alpha value is -0.340. The fourth-order valence-corrected chi connectivity index (χ4v) is 5.79. The second kappa shape index (κ2) is 5.94. The van der Waals surface area contributed by atoms with Crippen molar-refractivity contribution < 1.29 is 9.22 Å². The van der Waals surface area contributed by atoms with Crippen LogP contribution in [0.15, 0.2) is 12.2 Å². The first-order chi connectivity index (χ1) is 10.3. The molecule has 0 aromatic heterocycles. The van der Waals surface area contributed by atoms with Crippen LogP contribution in [-0.2, 0) is 4.74 Å². The van der Waals surface area contributed by atoms with Gasteiger partial charge in [-0.15, -0.1) is 0 Å². The molecule has 0 N–H and O–H groups in total. The highest BCUT2D eigenvalue weighted by Gasteiger charge is 2.51. The van der Waals surface area contributed by atoms with Gasteiger partial charge in [-0.2, -0.15) is 0 Å². The second-order valence-electron chi connectivity index (χ2n) is 9.73. The Morgan fingerprint density at radius 3 is 2.50 bits per heavy atom. The molecule has 0 aromatic rings. The minimum Gasteiger partial charge on any atom is -0.374 e. The molecule has 2 aliphatic carbocycles. The zero-order chi connectivity index (χ0) is 16.0. The molecule has 1 heterocycles. The van der Waals surface area contributed by atoms with Gasteiger partial charge in [-0.1, -0.05) is 38.8 Å². The molecule has 0 spiro atoms. The van der Waals surface area contributed by atoms with Crippen LogP contribution in [0, 0.1) is 23.2 Å². The van der Waals surface area contributed by atoms with Crippen LogP contribution in [0.1, 0.15) is 52.4 Å². The van der Waals surface area contributed by atoms with Gasteiger partial charge in [0.05, 0.1) is 39.9 Å². The second-order valence-corrected chi connectivity index (χ2v) is 9.73. The number of hydrogen-bond acceptors (Lipinski definition) is 1. The highest BCUT2D eigenvalue weighted by atomic mass is 16.5. The summed E-state index contributed by atoms with van der Waals surface area (Å²) in [5.41, 5.74) is 0.245. The van der Waals surface area contributed by atoms with Crippen LogP contribution in [0.25, 0.3) is 0 Å². The largest absolute Gasteiger partial charge is 0.374 e. The van der Waals surface area contributed by atoms with E-state index in [1.54, 1.807) is 0 Å². The lowest BCUT2D eigenvalue weighted by molar-refractivity contribution is -0.877. The fourth-order valence-electron chi connectivity index (χ4n) is 5.79. The SMILES string of the molecule is CC(C)(C[N+](C)(C)C)[C@@H]1O[C@H]2CCCC[C@@H]2[C@H]2C=CCC[C@@H]21. The summed E-state index contributed by atoms with van der Waals surface area (Å²) in [6.45, 7) is 6.07. The van der Waals surface area contributed by atoms with Crippen LogP contribution >= 0.6 is 0 Å². The van der Waals surface area contributed by atoms with Gasteiger partial charge in [-0.05, 0) is 43.4 Å². The summed E-state index contributed by atoms with van der Waals surface area (Å²) in [6, 6.07) is 0. The van der Waals surface area contributed by atoms with E-state index in [2.05, 4.69) is 47.1 Å². The molecule has 0 amide bonds. The maximum Gasteiger partial charge on any atom is 0.0857 e. The molecule has 1 saturated heterocycles. The van der Waals surface area contributed by atoms with Crippen molar-refractivity contribution in [3.63, 3.8) is 0 Å². The molecule has 126 valence electrons. The van der Waals surface area contributed by atoms with Crippen molar-refractivity contribution >= 4 is 0 Å². The normalized spacial score (nSPS) is 39.2. The fraction of sp³-hybridized carbons (Fsp3) is 0.900. The molecule has 3 aliphatic rings. The molecule has 1 aliphatic heterocycles. The Labute approximate surface area is 137 Å². The summed E-state index contributed by atoms with van der Waals surface area (Å²) in [7, 11) is 6.94. The predicted molar refractivity (Wildman–Crippen MR) is 92.7 cm³/mol. The zero-order valence-corrected chi connectivity index (χ0v) is 15.3. The van der Waals surface area contributed by atoms with Crippen molar-refractivity contribution in [2.75, 3.05) is 27.7 Å². The van der Waals surface area contributed by atoms with E-state index in [0.29, 0.717) is 12.2 Å². The molecule has 2 fully saturated rings. The first-order valence-electron chi connectivity index (χ1n) is 9.40. The Bertz CT molecular complexity index is 420. The first-order valence-corrected chi connectivity index (χ1v) is 9.40. The Morgan fingerprint density at radius 1 is 1.05 bits per heavy atom. The van der Waals surface area contributed by atoms with Gasteiger partial charge in [0.2, 0.25) is 0 Å². The van der Waals surface area contributed by atoms with E-state index >= 15 is 0 Å². The highest BCUT2D eigenvalue weighted by Crippen LogP contribution is 2.50. The van der Waals surface area contributed by atoms with Gasteiger partial charge in [0, 0.05) is 5.41 Å². The minimum absolute atomic E-state index is 0.245. The standard InChI is InChI=1S/C20H36NO/c1-20(2,14-21(3,4)5)19-17-12-7-6-10-15(17)16-11-8-9-13-18(16)22-19/h6,10,15-19H,7-9,11-14H2,1-5H3/q+1/t15-,16-,17+,18+,19-/m1/s1. The van der Waals surface area contributed by atoms with Crippen LogP contribution in [0.2, 0.25) is 0 Å². The highest BCUT2D eigenvalue weighted by molar-refractivity contribution is 5.08. The van der Waals surface area contributed by atoms with Gasteiger partial charge in [-0.3, -0.25) is 0 Å². The van der Waals surface area contributed by atoms with E-state index in [-0.39, 0.29) is 5.41 Å².